The maximum atomic E-state index is 12.4. The van der Waals surface area contributed by atoms with Crippen LogP contribution in [0.15, 0.2) is 72.8 Å². The summed E-state index contributed by atoms with van der Waals surface area (Å²) < 4.78 is 10.5. The number of para-hydroxylation sites is 2. The number of Topliss-reactive ketones (excluding diaryl/α,β-unsaturated/α-hetero) is 2. The predicted molar refractivity (Wildman–Crippen MR) is 333 cm³/mol. The number of hydrogen-bond donors (Lipinski definition) is 8. The normalized spacial score (nSPS) is 11.6. The molecule has 0 radical (unpaired) electrons. The maximum absolute atomic E-state index is 12.4. The molecule has 0 saturated heterocycles. The highest BCUT2D eigenvalue weighted by Gasteiger charge is 2.29. The fourth-order valence-corrected chi connectivity index (χ4v) is 9.19. The van der Waals surface area contributed by atoms with Crippen molar-refractivity contribution in [3.8, 4) is 23.0 Å². The molecule has 4 aromatic rings. The van der Waals surface area contributed by atoms with Gasteiger partial charge in [-0.2, -0.15) is 0 Å². The molecule has 0 bridgehead atoms. The number of aryl methyl sites for hydroxylation is 2. The van der Waals surface area contributed by atoms with E-state index < -0.39 is 29.7 Å². The van der Waals surface area contributed by atoms with Crippen molar-refractivity contribution >= 4 is 47.1 Å². The molecule has 18 heteroatoms. The summed E-state index contributed by atoms with van der Waals surface area (Å²) in [6.07, 6.45) is 9.52. The van der Waals surface area contributed by atoms with Crippen LogP contribution < -0.4 is 21.3 Å². The molecule has 0 unspecified atom stereocenters. The van der Waals surface area contributed by atoms with E-state index >= 15 is 0 Å². The first-order chi connectivity index (χ1) is 40.2. The molecule has 0 saturated carbocycles. The van der Waals surface area contributed by atoms with Crippen molar-refractivity contribution < 1.29 is 68.3 Å². The number of carbonyl (C=O) groups is 8. The number of carbonyl (C=O) groups excluding carboxylic acids is 8. The summed E-state index contributed by atoms with van der Waals surface area (Å²) >= 11 is 0. The smallest absolute Gasteiger partial charge is 0.309 e. The number of aromatic hydroxyl groups is 4. The van der Waals surface area contributed by atoms with E-state index in [1.807, 2.05) is 107 Å². The van der Waals surface area contributed by atoms with E-state index in [1.54, 1.807) is 24.3 Å². The van der Waals surface area contributed by atoms with E-state index in [0.29, 0.717) is 25.7 Å². The molecule has 8 N–H and O–H groups in total. The third-order valence-corrected chi connectivity index (χ3v) is 14.2. The fraction of sp³-hybridized carbons (Fsp3) is 0.529. The van der Waals surface area contributed by atoms with Crippen LogP contribution in [-0.4, -0.2) is 107 Å². The number of nitrogens with one attached hydrogen (secondary N) is 4. The standard InChI is InChI=1S/C40H60N2O8.C28H36N2O6/c1-37(2,3)27-21-25(22-28(33(27)45)38(4,5)6)13-15-31(43)49-19-17-41-35(47)36(48)42-18-20-50-32(44)16-14-26-23-29(39(7,8)9)34(46)30(24-26)40(10,11)12;31-21(19-30-28(36)23-15-10-12-17-25(23)33)13-7-5-3-1-2-4-6-8-18-27(35)29-20-26(34)22-14-9-11-16-24(22)32/h21-24,45-46H,13-20H2,1-12H3,(H,41,47)(H,42,48);9-12,14-17,32-33H,1-8,13,18-20H2,(H,29,35)(H,30,36). The summed E-state index contributed by atoms with van der Waals surface area (Å²) in [5.74, 6) is -3.27. The first kappa shape index (κ1) is 72.5. The molecular formula is C68H96N4O14. The number of benzene rings is 4. The topological polar surface area (TPSA) is 284 Å². The molecule has 0 aliphatic heterocycles. The fourth-order valence-electron chi connectivity index (χ4n) is 9.19. The van der Waals surface area contributed by atoms with Crippen LogP contribution >= 0.6 is 0 Å². The van der Waals surface area contributed by atoms with Crippen molar-refractivity contribution in [1.82, 2.24) is 21.3 Å². The summed E-state index contributed by atoms with van der Waals surface area (Å²) in [5.41, 5.74) is 4.38. The molecule has 0 heterocycles. The van der Waals surface area contributed by atoms with Crippen LogP contribution in [0, 0.1) is 0 Å². The molecule has 86 heavy (non-hydrogen) atoms. The highest BCUT2D eigenvalue weighted by Crippen LogP contribution is 2.41. The van der Waals surface area contributed by atoms with Gasteiger partial charge in [0, 0.05) is 25.7 Å². The van der Waals surface area contributed by atoms with Gasteiger partial charge in [-0.1, -0.05) is 170 Å². The second-order valence-electron chi connectivity index (χ2n) is 25.8. The van der Waals surface area contributed by atoms with E-state index in [-0.39, 0.29) is 125 Å². The second kappa shape index (κ2) is 34.4. The van der Waals surface area contributed by atoms with Gasteiger partial charge in [-0.25, -0.2) is 0 Å². The van der Waals surface area contributed by atoms with Gasteiger partial charge >= 0.3 is 23.8 Å². The SMILES string of the molecule is CC(C)(C)c1cc(CCC(=O)OCCNC(=O)C(=O)NCCOC(=O)CCc2cc(C(C)(C)C)c(O)c(C(C)(C)C)c2)cc(C(C)(C)C)c1O.O=C(CCCCCCCCCCC(=O)NCC(=O)c1ccccc1O)CNC(=O)c1ccccc1O. The molecule has 0 atom stereocenters. The zero-order valence-electron chi connectivity index (χ0n) is 52.9. The molecule has 0 aliphatic rings. The molecule has 0 aliphatic carbocycles. The van der Waals surface area contributed by atoms with E-state index in [2.05, 4.69) is 21.3 Å². The van der Waals surface area contributed by atoms with Gasteiger partial charge in [0.15, 0.2) is 11.6 Å². The van der Waals surface area contributed by atoms with Crippen molar-refractivity contribution in [3.05, 3.63) is 117 Å². The summed E-state index contributed by atoms with van der Waals surface area (Å²) in [6, 6.07) is 20.2. The van der Waals surface area contributed by atoms with Crippen LogP contribution in [0.4, 0.5) is 0 Å². The monoisotopic (exact) mass is 1190 g/mol. The van der Waals surface area contributed by atoms with Crippen molar-refractivity contribution in [3.63, 3.8) is 0 Å². The third kappa shape index (κ3) is 25.8. The molecule has 472 valence electrons. The Labute approximate surface area is 509 Å². The van der Waals surface area contributed by atoms with Crippen molar-refractivity contribution in [2.75, 3.05) is 39.4 Å². The van der Waals surface area contributed by atoms with Gasteiger partial charge in [0.25, 0.3) is 5.91 Å². The van der Waals surface area contributed by atoms with Crippen molar-refractivity contribution in [2.45, 2.75) is 195 Å². The summed E-state index contributed by atoms with van der Waals surface area (Å²) in [7, 11) is 0. The Kier molecular flexibility index (Phi) is 29.0. The first-order valence-corrected chi connectivity index (χ1v) is 30.0. The minimum absolute atomic E-state index is 0.0284. The average Bonchev–Trinajstić information content (AvgIpc) is 2.47. The molecule has 0 aromatic heterocycles. The van der Waals surface area contributed by atoms with Gasteiger partial charge in [0.05, 0.1) is 37.3 Å². The molecule has 4 rings (SSSR count). The van der Waals surface area contributed by atoms with Crippen LogP contribution in [-0.2, 0) is 72.7 Å². The van der Waals surface area contributed by atoms with Crippen LogP contribution in [0.5, 0.6) is 23.0 Å². The van der Waals surface area contributed by atoms with Crippen molar-refractivity contribution in [2.24, 2.45) is 0 Å². The van der Waals surface area contributed by atoms with E-state index in [9.17, 15) is 58.8 Å². The lowest BCUT2D eigenvalue weighted by Crippen LogP contribution is -2.42. The lowest BCUT2D eigenvalue weighted by atomic mass is 9.78. The quantitative estimate of drug-likeness (QED) is 0.0109. The summed E-state index contributed by atoms with van der Waals surface area (Å²) in [4.78, 5) is 97.0. The van der Waals surface area contributed by atoms with Crippen LogP contribution in [0.1, 0.15) is 214 Å². The number of esters is 2. The number of ether oxygens (including phenoxy) is 2. The Morgan fingerprint density at radius 2 is 0.779 bits per heavy atom. The largest absolute Gasteiger partial charge is 0.507 e. The number of rotatable bonds is 29. The maximum Gasteiger partial charge on any atom is 0.309 e. The van der Waals surface area contributed by atoms with Gasteiger partial charge in [0.1, 0.15) is 36.2 Å². The molecule has 4 aromatic carbocycles. The lowest BCUT2D eigenvalue weighted by Gasteiger charge is -2.28. The average molecular weight is 1190 g/mol. The lowest BCUT2D eigenvalue weighted by molar-refractivity contribution is -0.145. The number of unbranched alkanes of at least 4 members (excludes halogenated alkanes) is 7. The number of hydrogen-bond acceptors (Lipinski definition) is 14. The Balaban J connectivity index is 0.000000474. The number of phenolic OH excluding ortho intramolecular Hbond substituents is 4. The van der Waals surface area contributed by atoms with Crippen LogP contribution in [0.3, 0.4) is 0 Å². The Morgan fingerprint density at radius 1 is 0.419 bits per heavy atom. The van der Waals surface area contributed by atoms with Gasteiger partial charge in [-0.3, -0.25) is 38.4 Å². The number of amides is 4. The van der Waals surface area contributed by atoms with E-state index in [0.717, 1.165) is 84.7 Å². The summed E-state index contributed by atoms with van der Waals surface area (Å²) in [5, 5.41) is 51.1. The van der Waals surface area contributed by atoms with Crippen LogP contribution in [0.2, 0.25) is 0 Å². The predicted octanol–water partition coefficient (Wildman–Crippen LogP) is 10.5. The molecular weight excluding hydrogens is 1100 g/mol. The van der Waals surface area contributed by atoms with Gasteiger partial charge < -0.3 is 51.2 Å². The Bertz CT molecular complexity index is 2670. The zero-order chi connectivity index (χ0) is 64.4. The van der Waals surface area contributed by atoms with E-state index in [1.165, 1.54) is 24.3 Å². The highest BCUT2D eigenvalue weighted by molar-refractivity contribution is 6.35. The van der Waals surface area contributed by atoms with Crippen molar-refractivity contribution in [1.29, 1.82) is 0 Å². The molecule has 4 amide bonds. The van der Waals surface area contributed by atoms with Crippen LogP contribution in [0.25, 0.3) is 0 Å². The Morgan fingerprint density at radius 3 is 1.16 bits per heavy atom. The number of phenols is 4. The molecule has 0 fully saturated rings. The van der Waals surface area contributed by atoms with Gasteiger partial charge in [0.2, 0.25) is 5.91 Å². The second-order valence-corrected chi connectivity index (χ2v) is 25.8. The zero-order valence-corrected chi connectivity index (χ0v) is 52.9. The molecule has 18 nitrogen and oxygen atoms in total. The molecule has 0 spiro atoms. The minimum atomic E-state index is -0.891. The first-order valence-electron chi connectivity index (χ1n) is 30.0. The third-order valence-electron chi connectivity index (χ3n) is 14.2. The highest BCUT2D eigenvalue weighted by atomic mass is 16.5. The van der Waals surface area contributed by atoms with Gasteiger partial charge in [-0.05, 0) is 105 Å². The minimum Gasteiger partial charge on any atom is -0.507 e. The Hall–Kier alpha value is -7.76. The van der Waals surface area contributed by atoms with Gasteiger partial charge in [-0.15, -0.1) is 0 Å². The summed E-state index contributed by atoms with van der Waals surface area (Å²) in [6.45, 7) is 23.9. The number of ketones is 2. The van der Waals surface area contributed by atoms with E-state index in [4.69, 9.17) is 9.47 Å².